The molecule has 0 fully saturated rings. The minimum absolute atomic E-state index is 0.000313. The van der Waals surface area contributed by atoms with E-state index in [2.05, 4.69) is 15.5 Å². The van der Waals surface area contributed by atoms with E-state index in [1.165, 1.54) is 6.92 Å². The van der Waals surface area contributed by atoms with Gasteiger partial charge >= 0.3 is 0 Å². The van der Waals surface area contributed by atoms with E-state index in [1.807, 2.05) is 30.3 Å². The zero-order valence-electron chi connectivity index (χ0n) is 14.7. The number of hydrogen-bond acceptors (Lipinski definition) is 4. The van der Waals surface area contributed by atoms with E-state index in [9.17, 15) is 14.4 Å². The third kappa shape index (κ3) is 4.17. The molecule has 7 heteroatoms. The van der Waals surface area contributed by atoms with Gasteiger partial charge < -0.3 is 15.0 Å². The quantitative estimate of drug-likeness (QED) is 0.823. The predicted molar refractivity (Wildman–Crippen MR) is 95.2 cm³/mol. The van der Waals surface area contributed by atoms with Gasteiger partial charge in [-0.25, -0.2) is 0 Å². The maximum absolute atomic E-state index is 12.5. The Labute approximate surface area is 151 Å². The van der Waals surface area contributed by atoms with Crippen LogP contribution in [-0.4, -0.2) is 39.2 Å². The number of aromatic amines is 1. The molecular weight excluding hydrogens is 332 g/mol. The Morgan fingerprint density at radius 1 is 1.19 bits per heavy atom. The lowest BCUT2D eigenvalue weighted by molar-refractivity contribution is -0.133. The maximum Gasteiger partial charge on any atom is 0.272 e. The van der Waals surface area contributed by atoms with E-state index in [0.29, 0.717) is 31.7 Å². The van der Waals surface area contributed by atoms with Gasteiger partial charge in [0.2, 0.25) is 5.91 Å². The van der Waals surface area contributed by atoms with Crippen LogP contribution in [0.3, 0.4) is 0 Å². The third-order valence-corrected chi connectivity index (χ3v) is 4.49. The second-order valence-electron chi connectivity index (χ2n) is 6.46. The molecule has 1 aromatic heterocycles. The first-order chi connectivity index (χ1) is 12.5. The van der Waals surface area contributed by atoms with Crippen LogP contribution in [0, 0.1) is 0 Å². The molecule has 1 aromatic carbocycles. The summed E-state index contributed by atoms with van der Waals surface area (Å²) in [5.41, 5.74) is 3.00. The number of nitrogens with zero attached hydrogens (tertiary/aromatic N) is 2. The van der Waals surface area contributed by atoms with E-state index in [-0.39, 0.29) is 30.4 Å². The smallest absolute Gasteiger partial charge is 0.272 e. The van der Waals surface area contributed by atoms with Gasteiger partial charge in [-0.05, 0) is 12.5 Å². The molecule has 0 saturated heterocycles. The van der Waals surface area contributed by atoms with E-state index in [4.69, 9.17) is 0 Å². The molecule has 26 heavy (non-hydrogen) atoms. The lowest BCUT2D eigenvalue weighted by Gasteiger charge is -2.27. The molecule has 2 amide bonds. The number of amides is 2. The van der Waals surface area contributed by atoms with E-state index in [1.54, 1.807) is 4.90 Å². The van der Waals surface area contributed by atoms with Crippen LogP contribution in [0.1, 0.15) is 47.1 Å². The van der Waals surface area contributed by atoms with Gasteiger partial charge in [0.05, 0.1) is 0 Å². The zero-order valence-corrected chi connectivity index (χ0v) is 14.7. The minimum atomic E-state index is -0.260. The fraction of sp³-hybridized carbons (Fsp3) is 0.368. The zero-order chi connectivity index (χ0) is 18.5. The van der Waals surface area contributed by atoms with Crippen LogP contribution in [0.2, 0.25) is 0 Å². The van der Waals surface area contributed by atoms with Gasteiger partial charge in [0.15, 0.2) is 5.69 Å². The van der Waals surface area contributed by atoms with Gasteiger partial charge in [-0.3, -0.25) is 14.7 Å². The normalized spacial score (nSPS) is 13.2. The van der Waals surface area contributed by atoms with Crippen LogP contribution >= 0.6 is 0 Å². The highest BCUT2D eigenvalue weighted by Gasteiger charge is 2.27. The van der Waals surface area contributed by atoms with Crippen molar-refractivity contribution in [2.45, 2.75) is 39.3 Å². The second kappa shape index (κ2) is 7.95. The number of benzene rings is 1. The first-order valence-corrected chi connectivity index (χ1v) is 8.70. The maximum atomic E-state index is 12.5. The van der Waals surface area contributed by atoms with Crippen molar-refractivity contribution >= 4 is 17.6 Å². The van der Waals surface area contributed by atoms with Crippen molar-refractivity contribution in [2.75, 3.05) is 6.54 Å². The molecule has 3 rings (SSSR count). The summed E-state index contributed by atoms with van der Waals surface area (Å²) in [6.45, 7) is 2.81. The Morgan fingerprint density at radius 2 is 1.96 bits per heavy atom. The van der Waals surface area contributed by atoms with E-state index >= 15 is 0 Å². The number of aromatic nitrogens is 2. The largest absolute Gasteiger partial charge is 0.347 e. The fourth-order valence-corrected chi connectivity index (χ4v) is 3.00. The monoisotopic (exact) mass is 354 g/mol. The molecule has 0 bridgehead atoms. The summed E-state index contributed by atoms with van der Waals surface area (Å²) in [7, 11) is 0. The van der Waals surface area contributed by atoms with Crippen LogP contribution in [-0.2, 0) is 29.1 Å². The molecule has 1 aliphatic heterocycles. The lowest BCUT2D eigenvalue weighted by Crippen LogP contribution is -2.37. The number of rotatable bonds is 6. The lowest BCUT2D eigenvalue weighted by atomic mass is 10.0. The predicted octanol–water partition coefficient (Wildman–Crippen LogP) is 1.59. The number of carbonyl (C=O) groups is 3. The van der Waals surface area contributed by atoms with Crippen LogP contribution in [0.15, 0.2) is 30.3 Å². The molecule has 0 spiro atoms. The van der Waals surface area contributed by atoms with Gasteiger partial charge in [-0.15, -0.1) is 0 Å². The van der Waals surface area contributed by atoms with Crippen LogP contribution in [0.4, 0.5) is 0 Å². The number of ketones is 1. The molecule has 1 aliphatic rings. The molecule has 7 nitrogen and oxygen atoms in total. The van der Waals surface area contributed by atoms with Gasteiger partial charge in [0.25, 0.3) is 5.91 Å². The van der Waals surface area contributed by atoms with Gasteiger partial charge in [-0.1, -0.05) is 30.3 Å². The Kier molecular flexibility index (Phi) is 5.46. The summed E-state index contributed by atoms with van der Waals surface area (Å²) in [6, 6.07) is 9.64. The standard InChI is InChI=1S/C19H22N4O3/c1-13(24)7-8-17(25)23-10-9-16-15(12-23)18(22-21-16)19(26)20-11-14-5-3-2-4-6-14/h2-6H,7-12H2,1H3,(H,20,26)(H,21,22). The van der Waals surface area contributed by atoms with Crippen molar-refractivity contribution in [3.05, 3.63) is 52.8 Å². The first-order valence-electron chi connectivity index (χ1n) is 8.70. The highest BCUT2D eigenvalue weighted by atomic mass is 16.2. The highest BCUT2D eigenvalue weighted by molar-refractivity contribution is 5.94. The van der Waals surface area contributed by atoms with Crippen molar-refractivity contribution in [3.8, 4) is 0 Å². The fourth-order valence-electron chi connectivity index (χ4n) is 3.00. The number of nitrogens with one attached hydrogen (secondary N) is 2. The van der Waals surface area contributed by atoms with Crippen LogP contribution in [0.25, 0.3) is 0 Å². The Hall–Kier alpha value is -2.96. The highest BCUT2D eigenvalue weighted by Crippen LogP contribution is 2.21. The summed E-state index contributed by atoms with van der Waals surface area (Å²) in [5.74, 6) is -0.326. The van der Waals surface area contributed by atoms with E-state index < -0.39 is 0 Å². The summed E-state index contributed by atoms with van der Waals surface area (Å²) >= 11 is 0. The molecule has 2 heterocycles. The summed E-state index contributed by atoms with van der Waals surface area (Å²) < 4.78 is 0. The number of fused-ring (bicyclic) bond motifs is 1. The van der Waals surface area contributed by atoms with Crippen molar-refractivity contribution < 1.29 is 14.4 Å². The summed E-state index contributed by atoms with van der Waals surface area (Å²) in [5, 5.41) is 9.93. The first kappa shape index (κ1) is 17.8. The Balaban J connectivity index is 1.65. The Morgan fingerprint density at radius 3 is 2.69 bits per heavy atom. The third-order valence-electron chi connectivity index (χ3n) is 4.49. The molecule has 0 unspecified atom stereocenters. The van der Waals surface area contributed by atoms with E-state index in [0.717, 1.165) is 16.8 Å². The number of H-pyrrole nitrogens is 1. The summed E-state index contributed by atoms with van der Waals surface area (Å²) in [4.78, 5) is 37.5. The average Bonchev–Trinajstić information content (AvgIpc) is 3.08. The topological polar surface area (TPSA) is 95.2 Å². The molecule has 0 aliphatic carbocycles. The van der Waals surface area contributed by atoms with Crippen LogP contribution < -0.4 is 5.32 Å². The van der Waals surface area contributed by atoms with Crippen molar-refractivity contribution in [1.82, 2.24) is 20.4 Å². The number of Topliss-reactive ketones (excluding diaryl/α,β-unsaturated/α-hetero) is 1. The van der Waals surface area contributed by atoms with Gasteiger partial charge in [-0.2, -0.15) is 5.10 Å². The van der Waals surface area contributed by atoms with Crippen molar-refractivity contribution in [2.24, 2.45) is 0 Å². The molecule has 0 radical (unpaired) electrons. The SMILES string of the molecule is CC(=O)CCC(=O)N1CCc2[nH]nc(C(=O)NCc3ccccc3)c2C1. The van der Waals surface area contributed by atoms with Crippen LogP contribution in [0.5, 0.6) is 0 Å². The molecule has 0 atom stereocenters. The second-order valence-corrected chi connectivity index (χ2v) is 6.46. The van der Waals surface area contributed by atoms with Gasteiger partial charge in [0.1, 0.15) is 5.78 Å². The number of hydrogen-bond donors (Lipinski definition) is 2. The van der Waals surface area contributed by atoms with Crippen molar-refractivity contribution in [3.63, 3.8) is 0 Å². The molecular formula is C19H22N4O3. The Bertz CT molecular complexity index is 813. The molecule has 0 saturated carbocycles. The molecule has 2 aromatic rings. The molecule has 2 N–H and O–H groups in total. The summed E-state index contributed by atoms with van der Waals surface area (Å²) in [6.07, 6.45) is 1.08. The average molecular weight is 354 g/mol. The number of carbonyl (C=O) groups excluding carboxylic acids is 3. The molecule has 136 valence electrons. The van der Waals surface area contributed by atoms with Crippen molar-refractivity contribution in [1.29, 1.82) is 0 Å². The van der Waals surface area contributed by atoms with Gasteiger partial charge in [0, 0.05) is 50.2 Å². The minimum Gasteiger partial charge on any atom is -0.347 e.